The molecule has 7 nitrogen and oxygen atoms in total. The molecule has 1 aromatic heterocycles. The second kappa shape index (κ2) is 8.57. The lowest BCUT2D eigenvalue weighted by molar-refractivity contribution is -0.130. The summed E-state index contributed by atoms with van der Waals surface area (Å²) >= 11 is 0. The van der Waals surface area contributed by atoms with Crippen LogP contribution in [0.4, 0.5) is 10.2 Å². The molecule has 1 fully saturated rings. The number of carbonyl (C=O) groups is 2. The highest BCUT2D eigenvalue weighted by Gasteiger charge is 2.24. The number of anilines is 1. The molecule has 0 unspecified atom stereocenters. The third-order valence-electron chi connectivity index (χ3n) is 4.54. The second-order valence-electron chi connectivity index (χ2n) is 6.35. The first-order chi connectivity index (χ1) is 13.0. The van der Waals surface area contributed by atoms with E-state index in [1.807, 2.05) is 0 Å². The monoisotopic (exact) mass is 371 g/mol. The van der Waals surface area contributed by atoms with Gasteiger partial charge < -0.3 is 15.1 Å². The normalized spacial score (nSPS) is 14.1. The van der Waals surface area contributed by atoms with Crippen molar-refractivity contribution in [1.82, 2.24) is 19.8 Å². The van der Waals surface area contributed by atoms with E-state index in [4.69, 9.17) is 0 Å². The van der Waals surface area contributed by atoms with E-state index in [1.165, 1.54) is 25.4 Å². The molecule has 1 aliphatic heterocycles. The van der Waals surface area contributed by atoms with Gasteiger partial charge in [-0.2, -0.15) is 0 Å². The smallest absolute Gasteiger partial charge is 0.274 e. The van der Waals surface area contributed by atoms with Crippen LogP contribution >= 0.6 is 0 Å². The molecule has 0 aliphatic carbocycles. The number of benzene rings is 1. The molecule has 27 heavy (non-hydrogen) atoms. The Bertz CT molecular complexity index is 804. The topological polar surface area (TPSA) is 78.4 Å². The Morgan fingerprint density at radius 1 is 1.07 bits per heavy atom. The Kier molecular flexibility index (Phi) is 5.95. The third kappa shape index (κ3) is 4.78. The van der Waals surface area contributed by atoms with E-state index in [1.54, 1.807) is 28.0 Å². The number of hydrogen-bond acceptors (Lipinski definition) is 5. The van der Waals surface area contributed by atoms with Crippen LogP contribution in [0.2, 0.25) is 0 Å². The minimum atomic E-state index is -0.226. The van der Waals surface area contributed by atoms with Crippen molar-refractivity contribution in [2.24, 2.45) is 0 Å². The molecule has 1 aromatic carbocycles. The average Bonchev–Trinajstić information content (AvgIpc) is 2.69. The molecule has 2 amide bonds. The van der Waals surface area contributed by atoms with E-state index >= 15 is 0 Å². The molecule has 0 spiro atoms. The maximum absolute atomic E-state index is 13.6. The number of hydrogen-bond donors (Lipinski definition) is 1. The van der Waals surface area contributed by atoms with Crippen LogP contribution in [0.15, 0.2) is 36.7 Å². The third-order valence-corrected chi connectivity index (χ3v) is 4.54. The number of amides is 2. The van der Waals surface area contributed by atoms with E-state index in [9.17, 15) is 14.0 Å². The Balaban J connectivity index is 1.50. The number of nitrogens with one attached hydrogen (secondary N) is 1. The van der Waals surface area contributed by atoms with Gasteiger partial charge in [0.15, 0.2) is 0 Å². The first-order valence-corrected chi connectivity index (χ1v) is 8.88. The zero-order chi connectivity index (χ0) is 19.2. The van der Waals surface area contributed by atoms with Gasteiger partial charge in [-0.15, -0.1) is 0 Å². The van der Waals surface area contributed by atoms with Crippen molar-refractivity contribution in [1.29, 1.82) is 0 Å². The zero-order valence-electron chi connectivity index (χ0n) is 15.2. The van der Waals surface area contributed by atoms with Gasteiger partial charge in [0.1, 0.15) is 17.3 Å². The SMILES string of the molecule is CC(=O)N1CCN(C(=O)c2cnc(NCCc3ccccc3F)cn2)CC1. The minimum Gasteiger partial charge on any atom is -0.368 e. The molecule has 0 atom stereocenters. The standard InChI is InChI=1S/C19H22FN5O2/c1-14(26)24-8-10-25(11-9-24)19(27)17-12-23-18(13-22-17)21-7-6-15-4-2-3-5-16(15)20/h2-5,12-13H,6-11H2,1H3,(H,21,23). The van der Waals surface area contributed by atoms with Gasteiger partial charge >= 0.3 is 0 Å². The number of halogens is 1. The fourth-order valence-corrected chi connectivity index (χ4v) is 2.94. The number of aromatic nitrogens is 2. The Morgan fingerprint density at radius 2 is 1.78 bits per heavy atom. The molecular formula is C19H22FN5O2. The minimum absolute atomic E-state index is 0.0210. The Labute approximate surface area is 157 Å². The second-order valence-corrected chi connectivity index (χ2v) is 6.35. The summed E-state index contributed by atoms with van der Waals surface area (Å²) in [6.45, 7) is 4.08. The van der Waals surface area contributed by atoms with Crippen molar-refractivity contribution in [3.05, 3.63) is 53.7 Å². The van der Waals surface area contributed by atoms with Gasteiger partial charge in [-0.25, -0.2) is 14.4 Å². The van der Waals surface area contributed by atoms with Crippen LogP contribution in [0.3, 0.4) is 0 Å². The molecule has 3 rings (SSSR count). The van der Waals surface area contributed by atoms with Gasteiger partial charge in [0, 0.05) is 39.6 Å². The van der Waals surface area contributed by atoms with Crippen LogP contribution in [-0.4, -0.2) is 64.3 Å². The first kappa shape index (κ1) is 18.8. The fourth-order valence-electron chi connectivity index (χ4n) is 2.94. The summed E-state index contributed by atoms with van der Waals surface area (Å²) in [7, 11) is 0. The number of carbonyl (C=O) groups excluding carboxylic acids is 2. The average molecular weight is 371 g/mol. The predicted molar refractivity (Wildman–Crippen MR) is 98.8 cm³/mol. The molecule has 142 valence electrons. The molecule has 8 heteroatoms. The Morgan fingerprint density at radius 3 is 2.41 bits per heavy atom. The van der Waals surface area contributed by atoms with Gasteiger partial charge in [0.25, 0.3) is 5.91 Å². The van der Waals surface area contributed by atoms with Crippen molar-refractivity contribution in [2.45, 2.75) is 13.3 Å². The van der Waals surface area contributed by atoms with Crippen molar-refractivity contribution in [3.63, 3.8) is 0 Å². The summed E-state index contributed by atoms with van der Waals surface area (Å²) in [6, 6.07) is 6.64. The van der Waals surface area contributed by atoms with E-state index in [0.717, 1.165) is 0 Å². The highest BCUT2D eigenvalue weighted by atomic mass is 19.1. The maximum Gasteiger partial charge on any atom is 0.274 e. The molecule has 1 saturated heterocycles. The van der Waals surface area contributed by atoms with Gasteiger partial charge in [-0.1, -0.05) is 18.2 Å². The molecule has 2 heterocycles. The van der Waals surface area contributed by atoms with E-state index in [-0.39, 0.29) is 23.3 Å². The molecule has 0 radical (unpaired) electrons. The van der Waals surface area contributed by atoms with Crippen LogP contribution in [0, 0.1) is 5.82 Å². The molecule has 1 aliphatic rings. The van der Waals surface area contributed by atoms with Crippen LogP contribution in [0.5, 0.6) is 0 Å². The van der Waals surface area contributed by atoms with E-state index in [0.29, 0.717) is 50.5 Å². The van der Waals surface area contributed by atoms with Crippen LogP contribution in [0.1, 0.15) is 23.0 Å². The summed E-state index contributed by atoms with van der Waals surface area (Å²) in [5.41, 5.74) is 0.903. The highest BCUT2D eigenvalue weighted by Crippen LogP contribution is 2.10. The molecule has 0 bridgehead atoms. The molecule has 1 N–H and O–H groups in total. The summed E-state index contributed by atoms with van der Waals surface area (Å²) in [4.78, 5) is 35.6. The lowest BCUT2D eigenvalue weighted by Gasteiger charge is -2.33. The van der Waals surface area contributed by atoms with Crippen LogP contribution in [0.25, 0.3) is 0 Å². The van der Waals surface area contributed by atoms with Crippen LogP contribution in [-0.2, 0) is 11.2 Å². The molecule has 0 saturated carbocycles. The van der Waals surface area contributed by atoms with Crippen LogP contribution < -0.4 is 5.32 Å². The highest BCUT2D eigenvalue weighted by molar-refractivity contribution is 5.92. The van der Waals surface area contributed by atoms with Gasteiger partial charge in [0.05, 0.1) is 12.4 Å². The number of piperazine rings is 1. The van der Waals surface area contributed by atoms with Gasteiger partial charge in [0.2, 0.25) is 5.91 Å². The maximum atomic E-state index is 13.6. The van der Waals surface area contributed by atoms with Gasteiger partial charge in [-0.05, 0) is 18.1 Å². The van der Waals surface area contributed by atoms with Crippen molar-refractivity contribution in [3.8, 4) is 0 Å². The molecule has 2 aromatic rings. The van der Waals surface area contributed by atoms with Crippen molar-refractivity contribution < 1.29 is 14.0 Å². The summed E-state index contributed by atoms with van der Waals surface area (Å²) in [5.74, 6) is 0.136. The zero-order valence-corrected chi connectivity index (χ0v) is 15.2. The lowest BCUT2D eigenvalue weighted by atomic mass is 10.1. The first-order valence-electron chi connectivity index (χ1n) is 8.88. The van der Waals surface area contributed by atoms with E-state index in [2.05, 4.69) is 15.3 Å². The van der Waals surface area contributed by atoms with Crippen molar-refractivity contribution >= 4 is 17.6 Å². The molecular weight excluding hydrogens is 349 g/mol. The fraction of sp³-hybridized carbons (Fsp3) is 0.368. The quantitative estimate of drug-likeness (QED) is 0.863. The predicted octanol–water partition coefficient (Wildman–Crippen LogP) is 1.57. The summed E-state index contributed by atoms with van der Waals surface area (Å²) in [5, 5.41) is 3.07. The summed E-state index contributed by atoms with van der Waals surface area (Å²) < 4.78 is 13.6. The number of rotatable bonds is 5. The largest absolute Gasteiger partial charge is 0.368 e. The Hall–Kier alpha value is -3.03. The van der Waals surface area contributed by atoms with E-state index < -0.39 is 0 Å². The summed E-state index contributed by atoms with van der Waals surface area (Å²) in [6.07, 6.45) is 3.46. The number of nitrogens with zero attached hydrogens (tertiary/aromatic N) is 4. The van der Waals surface area contributed by atoms with Crippen molar-refractivity contribution in [2.75, 3.05) is 38.0 Å². The lowest BCUT2D eigenvalue weighted by Crippen LogP contribution is -2.50. The van der Waals surface area contributed by atoms with Gasteiger partial charge in [-0.3, -0.25) is 9.59 Å².